The average Bonchev–Trinajstić information content (AvgIpc) is 2.76. The number of amides is 3. The molecule has 1 aromatic rings. The van der Waals surface area contributed by atoms with Gasteiger partial charge in [0.2, 0.25) is 17.5 Å². The quantitative estimate of drug-likeness (QED) is 0.268. The molecule has 0 spiro atoms. The fourth-order valence-electron chi connectivity index (χ4n) is 3.13. The van der Waals surface area contributed by atoms with Crippen molar-refractivity contribution in [3.63, 3.8) is 0 Å². The van der Waals surface area contributed by atoms with Crippen molar-refractivity contribution < 1.29 is 51.4 Å². The number of aliphatic carboxylic acids is 1. The fourth-order valence-corrected chi connectivity index (χ4v) is 3.13. The molecule has 33 heavy (non-hydrogen) atoms. The molecule has 1 heterocycles. The summed E-state index contributed by atoms with van der Waals surface area (Å²) < 4.78 is 58.3. The van der Waals surface area contributed by atoms with E-state index in [2.05, 4.69) is 10.1 Å². The van der Waals surface area contributed by atoms with Crippen molar-refractivity contribution in [1.29, 1.82) is 0 Å². The van der Waals surface area contributed by atoms with Gasteiger partial charge in [-0.2, -0.15) is 8.78 Å². The molecule has 0 saturated carbocycles. The predicted molar refractivity (Wildman–Crippen MR) is 99.5 cm³/mol. The minimum atomic E-state index is -1.89. The largest absolute Gasteiger partial charge is 0.481 e. The van der Waals surface area contributed by atoms with Crippen molar-refractivity contribution in [3.8, 4) is 5.75 Å². The number of carbonyl (C=O) groups is 5. The Morgan fingerprint density at radius 1 is 1.09 bits per heavy atom. The maximum absolute atomic E-state index is 13.7. The molecule has 14 heteroatoms. The number of Topliss-reactive ketones (excluding diaryl/α,β-unsaturated/α-hetero) is 1. The Balaban J connectivity index is 2.03. The molecule has 1 unspecified atom stereocenters. The first-order valence-corrected chi connectivity index (χ1v) is 9.51. The normalized spacial score (nSPS) is 15.0. The Bertz CT molecular complexity index is 954. The second-order valence-electron chi connectivity index (χ2n) is 7.14. The summed E-state index contributed by atoms with van der Waals surface area (Å²) in [6, 6.07) is -1.74. The van der Waals surface area contributed by atoms with Gasteiger partial charge in [-0.15, -0.1) is 0 Å². The van der Waals surface area contributed by atoms with Crippen LogP contribution in [-0.2, 0) is 24.0 Å². The topological polar surface area (TPSA) is 156 Å². The molecule has 1 atom stereocenters. The molecular weight excluding hydrogens is 458 g/mol. The number of piperidine rings is 1. The van der Waals surface area contributed by atoms with E-state index >= 15 is 0 Å². The number of ketones is 1. The van der Waals surface area contributed by atoms with Crippen LogP contribution >= 0.6 is 0 Å². The number of nitrogens with zero attached hydrogens (tertiary/aromatic N) is 1. The Morgan fingerprint density at radius 2 is 1.64 bits per heavy atom. The molecule has 0 bridgehead atoms. The average molecular weight is 477 g/mol. The van der Waals surface area contributed by atoms with Crippen LogP contribution in [0.25, 0.3) is 0 Å². The lowest BCUT2D eigenvalue weighted by molar-refractivity contribution is -0.146. The van der Waals surface area contributed by atoms with Crippen LogP contribution in [0.15, 0.2) is 6.07 Å². The lowest BCUT2D eigenvalue weighted by atomic mass is 9.95. The first-order valence-electron chi connectivity index (χ1n) is 9.51. The molecule has 1 fully saturated rings. The highest BCUT2D eigenvalue weighted by Gasteiger charge is 2.32. The van der Waals surface area contributed by atoms with E-state index in [1.165, 1.54) is 0 Å². The van der Waals surface area contributed by atoms with Crippen LogP contribution in [0.2, 0.25) is 0 Å². The van der Waals surface area contributed by atoms with E-state index < -0.39 is 83.5 Å². The van der Waals surface area contributed by atoms with Crippen molar-refractivity contribution in [2.45, 2.75) is 25.3 Å². The van der Waals surface area contributed by atoms with Gasteiger partial charge >= 0.3 is 17.8 Å². The molecule has 1 aliphatic rings. The second kappa shape index (κ2) is 10.7. The molecule has 2 rings (SSSR count). The summed E-state index contributed by atoms with van der Waals surface area (Å²) in [4.78, 5) is 59.5. The number of primary amides is 1. The van der Waals surface area contributed by atoms with Gasteiger partial charge in [-0.05, 0) is 12.8 Å². The van der Waals surface area contributed by atoms with E-state index in [1.807, 2.05) is 0 Å². The third-order valence-corrected chi connectivity index (χ3v) is 4.88. The zero-order valence-corrected chi connectivity index (χ0v) is 16.9. The molecule has 1 saturated heterocycles. The smallest absolute Gasteiger partial charge is 0.311 e. The van der Waals surface area contributed by atoms with Crippen LogP contribution in [0.5, 0.6) is 5.75 Å². The van der Waals surface area contributed by atoms with E-state index in [4.69, 9.17) is 10.8 Å². The third kappa shape index (κ3) is 6.40. The standard InChI is InChI=1S/C19H19F4N3O7/c20-9-5-10(21)15(23)16(14(9)22)33-7-12(27)11(6-13(28)29)25-18(31)8-1-3-26(4-2-8)19(32)17(24)30/h5,8,11H,1-4,6-7H2,(H2,24,30)(H,25,31)(H,28,29). The number of benzene rings is 1. The third-order valence-electron chi connectivity index (χ3n) is 4.88. The van der Waals surface area contributed by atoms with Crippen molar-refractivity contribution in [1.82, 2.24) is 10.2 Å². The van der Waals surface area contributed by atoms with E-state index in [-0.39, 0.29) is 32.0 Å². The summed E-state index contributed by atoms with van der Waals surface area (Å²) in [5, 5.41) is 11.2. The maximum Gasteiger partial charge on any atom is 0.311 e. The highest BCUT2D eigenvalue weighted by molar-refractivity contribution is 6.34. The summed E-state index contributed by atoms with van der Waals surface area (Å²) in [6.45, 7) is -1.16. The number of carboxylic acid groups (broad SMARTS) is 1. The highest BCUT2D eigenvalue weighted by Crippen LogP contribution is 2.26. The molecule has 10 nitrogen and oxygen atoms in total. The van der Waals surface area contributed by atoms with Gasteiger partial charge in [0, 0.05) is 25.1 Å². The van der Waals surface area contributed by atoms with E-state index in [0.717, 1.165) is 4.90 Å². The van der Waals surface area contributed by atoms with Crippen LogP contribution in [0, 0.1) is 29.2 Å². The first kappa shape index (κ1) is 25.5. The number of nitrogens with two attached hydrogens (primary N) is 1. The predicted octanol–water partition coefficient (Wildman–Crippen LogP) is -0.126. The zero-order valence-electron chi connectivity index (χ0n) is 16.9. The van der Waals surface area contributed by atoms with Crippen LogP contribution < -0.4 is 15.8 Å². The molecular formula is C19H19F4N3O7. The summed E-state index contributed by atoms with van der Waals surface area (Å²) in [6.07, 6.45) is -0.724. The van der Waals surface area contributed by atoms with E-state index in [1.54, 1.807) is 0 Å². The Kier molecular flexibility index (Phi) is 8.32. The Labute approximate surface area is 183 Å². The number of ether oxygens (including phenoxy) is 1. The number of halogens is 4. The number of rotatable bonds is 8. The zero-order chi connectivity index (χ0) is 24.9. The molecule has 3 amide bonds. The van der Waals surface area contributed by atoms with Gasteiger partial charge in [0.25, 0.3) is 0 Å². The first-order chi connectivity index (χ1) is 15.4. The monoisotopic (exact) mass is 477 g/mol. The van der Waals surface area contributed by atoms with Crippen molar-refractivity contribution in [2.24, 2.45) is 11.7 Å². The molecule has 0 aromatic heterocycles. The van der Waals surface area contributed by atoms with Crippen molar-refractivity contribution in [3.05, 3.63) is 29.3 Å². The Hall–Kier alpha value is -3.71. The second-order valence-corrected chi connectivity index (χ2v) is 7.14. The number of carboxylic acids is 1. The fraction of sp³-hybridized carbons (Fsp3) is 0.421. The lowest BCUT2D eigenvalue weighted by Gasteiger charge is -2.31. The van der Waals surface area contributed by atoms with Crippen LogP contribution in [0.3, 0.4) is 0 Å². The van der Waals surface area contributed by atoms with Gasteiger partial charge in [0.1, 0.15) is 12.6 Å². The van der Waals surface area contributed by atoms with Gasteiger partial charge in [-0.1, -0.05) is 0 Å². The van der Waals surface area contributed by atoms with E-state index in [9.17, 15) is 41.5 Å². The minimum absolute atomic E-state index is 0.0181. The number of carbonyl (C=O) groups excluding carboxylic acids is 4. The summed E-state index contributed by atoms with van der Waals surface area (Å²) >= 11 is 0. The van der Waals surface area contributed by atoms with Gasteiger partial charge < -0.3 is 25.8 Å². The van der Waals surface area contributed by atoms with Crippen molar-refractivity contribution in [2.75, 3.05) is 19.7 Å². The molecule has 1 aromatic carbocycles. The SMILES string of the molecule is NC(=O)C(=O)N1CCC(C(=O)NC(CC(=O)O)C(=O)COc2c(F)c(F)cc(F)c2F)CC1. The maximum atomic E-state index is 13.7. The molecule has 1 aliphatic heterocycles. The number of hydrogen-bond donors (Lipinski definition) is 3. The number of likely N-dealkylation sites (tertiary alicyclic amines) is 1. The van der Waals surface area contributed by atoms with Gasteiger partial charge in [-0.25, -0.2) is 8.78 Å². The van der Waals surface area contributed by atoms with Crippen LogP contribution in [-0.4, -0.2) is 65.2 Å². The highest BCUT2D eigenvalue weighted by atomic mass is 19.2. The Morgan fingerprint density at radius 3 is 2.12 bits per heavy atom. The summed E-state index contributed by atoms with van der Waals surface area (Å²) in [5.41, 5.74) is 4.91. The van der Waals surface area contributed by atoms with E-state index in [0.29, 0.717) is 0 Å². The van der Waals surface area contributed by atoms with Crippen LogP contribution in [0.1, 0.15) is 19.3 Å². The summed E-state index contributed by atoms with van der Waals surface area (Å²) in [5.74, 6) is -15.0. The van der Waals surface area contributed by atoms with Gasteiger partial charge in [0.15, 0.2) is 23.2 Å². The van der Waals surface area contributed by atoms with Gasteiger partial charge in [0.05, 0.1) is 6.42 Å². The minimum Gasteiger partial charge on any atom is -0.481 e. The molecule has 4 N–H and O–H groups in total. The van der Waals surface area contributed by atoms with Crippen molar-refractivity contribution >= 4 is 29.5 Å². The summed E-state index contributed by atoms with van der Waals surface area (Å²) in [7, 11) is 0. The number of hydrogen-bond acceptors (Lipinski definition) is 6. The number of nitrogens with one attached hydrogen (secondary N) is 1. The lowest BCUT2D eigenvalue weighted by Crippen LogP contribution is -2.50. The van der Waals surface area contributed by atoms with Crippen LogP contribution in [0.4, 0.5) is 17.6 Å². The molecule has 0 radical (unpaired) electrons. The molecule has 180 valence electrons. The van der Waals surface area contributed by atoms with Gasteiger partial charge in [-0.3, -0.25) is 24.0 Å². The molecule has 0 aliphatic carbocycles.